The predicted octanol–water partition coefficient (Wildman–Crippen LogP) is 2.75. The second kappa shape index (κ2) is 6.47. The summed E-state index contributed by atoms with van der Waals surface area (Å²) in [5, 5.41) is 10.5. The van der Waals surface area contributed by atoms with Crippen LogP contribution in [0.3, 0.4) is 0 Å². The van der Waals surface area contributed by atoms with Gasteiger partial charge in [-0.3, -0.25) is 0 Å². The zero-order valence-electron chi connectivity index (χ0n) is 14.2. The van der Waals surface area contributed by atoms with Crippen LogP contribution in [-0.2, 0) is 0 Å². The number of hydrogen-bond acceptors (Lipinski definition) is 3. The highest BCUT2D eigenvalue weighted by molar-refractivity contribution is 5.32. The molecule has 1 fully saturated rings. The van der Waals surface area contributed by atoms with E-state index in [0.29, 0.717) is 12.1 Å². The number of benzene rings is 1. The Kier molecular flexibility index (Phi) is 5.07. The molecule has 1 atom stereocenters. The molecule has 0 radical (unpaired) electrons. The fraction of sp³-hybridized carbons (Fsp3) is 0.667. The van der Waals surface area contributed by atoms with Crippen LogP contribution in [0.4, 0.5) is 0 Å². The maximum Gasteiger partial charge on any atom is 0.0919 e. The summed E-state index contributed by atoms with van der Waals surface area (Å²) in [5.41, 5.74) is 3.80. The Labute approximate surface area is 129 Å². The molecule has 1 aromatic carbocycles. The average molecular weight is 290 g/mol. The van der Waals surface area contributed by atoms with E-state index in [1.165, 1.54) is 30.4 Å². The molecule has 0 aliphatic heterocycles. The topological polar surface area (TPSA) is 26.7 Å². The molecule has 1 saturated carbocycles. The molecule has 1 N–H and O–H groups in total. The maximum absolute atomic E-state index is 10.5. The molecule has 0 aromatic heterocycles. The number of nitrogens with zero attached hydrogens (tertiary/aromatic N) is 2. The van der Waals surface area contributed by atoms with Gasteiger partial charge >= 0.3 is 0 Å². The Morgan fingerprint density at radius 2 is 1.86 bits per heavy atom. The van der Waals surface area contributed by atoms with Crippen molar-refractivity contribution in [2.75, 3.05) is 34.2 Å². The lowest BCUT2D eigenvalue weighted by molar-refractivity contribution is 0.0146. The van der Waals surface area contributed by atoms with Gasteiger partial charge in [-0.25, -0.2) is 0 Å². The number of rotatable bonds is 6. The van der Waals surface area contributed by atoms with E-state index in [1.54, 1.807) is 0 Å². The third-order valence-electron chi connectivity index (χ3n) is 5.07. The largest absolute Gasteiger partial charge is 0.387 e. The molecule has 0 amide bonds. The lowest BCUT2D eigenvalue weighted by Gasteiger charge is -2.49. The van der Waals surface area contributed by atoms with Crippen LogP contribution in [0.25, 0.3) is 0 Å². The molecule has 118 valence electrons. The summed E-state index contributed by atoms with van der Waals surface area (Å²) in [6, 6.07) is 6.29. The van der Waals surface area contributed by atoms with E-state index in [1.807, 2.05) is 0 Å². The van der Waals surface area contributed by atoms with E-state index in [9.17, 15) is 5.11 Å². The number of hydrogen-bond donors (Lipinski definition) is 1. The molecular formula is C18H30N2O. The Morgan fingerprint density at radius 3 is 2.33 bits per heavy atom. The Hall–Kier alpha value is -0.900. The summed E-state index contributed by atoms with van der Waals surface area (Å²) in [5.74, 6) is 0. The monoisotopic (exact) mass is 290 g/mol. The van der Waals surface area contributed by atoms with Crippen LogP contribution in [0, 0.1) is 13.8 Å². The van der Waals surface area contributed by atoms with Crippen molar-refractivity contribution in [1.82, 2.24) is 9.80 Å². The van der Waals surface area contributed by atoms with Gasteiger partial charge in [0, 0.05) is 18.6 Å². The van der Waals surface area contributed by atoms with Crippen molar-refractivity contribution < 1.29 is 5.11 Å². The quantitative estimate of drug-likeness (QED) is 0.873. The molecule has 1 aliphatic carbocycles. The zero-order chi connectivity index (χ0) is 15.6. The molecule has 0 heterocycles. The third-order valence-corrected chi connectivity index (χ3v) is 5.07. The molecule has 3 heteroatoms. The van der Waals surface area contributed by atoms with Crippen molar-refractivity contribution >= 4 is 0 Å². The van der Waals surface area contributed by atoms with Crippen LogP contribution in [-0.4, -0.2) is 54.7 Å². The van der Waals surface area contributed by atoms with Gasteiger partial charge in [0.2, 0.25) is 0 Å². The standard InChI is InChI=1S/C18H30N2O/c1-14-7-8-16(15(2)11-14)17(21)12-20(5)13-18(19(3)4)9-6-10-18/h7-8,11,17,21H,6,9-10,12-13H2,1-5H3. The van der Waals surface area contributed by atoms with Gasteiger partial charge in [-0.2, -0.15) is 0 Å². The van der Waals surface area contributed by atoms with Crippen molar-refractivity contribution in [3.05, 3.63) is 34.9 Å². The number of likely N-dealkylation sites (N-methyl/N-ethyl adjacent to an activating group) is 2. The van der Waals surface area contributed by atoms with Gasteiger partial charge in [0.15, 0.2) is 0 Å². The molecule has 1 aliphatic rings. The highest BCUT2D eigenvalue weighted by Gasteiger charge is 2.39. The minimum atomic E-state index is -0.408. The predicted molar refractivity (Wildman–Crippen MR) is 88.6 cm³/mol. The molecule has 0 spiro atoms. The van der Waals surface area contributed by atoms with E-state index < -0.39 is 6.10 Å². The Balaban J connectivity index is 1.97. The Morgan fingerprint density at radius 1 is 1.19 bits per heavy atom. The molecule has 3 nitrogen and oxygen atoms in total. The second-order valence-electron chi connectivity index (χ2n) is 7.04. The van der Waals surface area contributed by atoms with E-state index in [4.69, 9.17) is 0 Å². The summed E-state index contributed by atoms with van der Waals surface area (Å²) in [4.78, 5) is 4.64. The summed E-state index contributed by atoms with van der Waals surface area (Å²) >= 11 is 0. The van der Waals surface area contributed by atoms with Crippen LogP contribution in [0.2, 0.25) is 0 Å². The van der Waals surface area contributed by atoms with Gasteiger partial charge in [0.1, 0.15) is 0 Å². The van der Waals surface area contributed by atoms with Gasteiger partial charge < -0.3 is 14.9 Å². The van der Waals surface area contributed by atoms with Gasteiger partial charge in [-0.15, -0.1) is 0 Å². The summed E-state index contributed by atoms with van der Waals surface area (Å²) in [7, 11) is 6.47. The van der Waals surface area contributed by atoms with Crippen molar-refractivity contribution in [2.24, 2.45) is 0 Å². The molecule has 1 unspecified atom stereocenters. The molecule has 1 aromatic rings. The maximum atomic E-state index is 10.5. The number of aliphatic hydroxyl groups excluding tert-OH is 1. The highest BCUT2D eigenvalue weighted by Crippen LogP contribution is 2.36. The first-order chi connectivity index (χ1) is 9.84. The summed E-state index contributed by atoms with van der Waals surface area (Å²) in [6.07, 6.45) is 3.45. The first-order valence-corrected chi connectivity index (χ1v) is 7.95. The van der Waals surface area contributed by atoms with Crippen LogP contribution < -0.4 is 0 Å². The van der Waals surface area contributed by atoms with Crippen LogP contribution >= 0.6 is 0 Å². The molecule has 21 heavy (non-hydrogen) atoms. The van der Waals surface area contributed by atoms with Gasteiger partial charge in [0.05, 0.1) is 6.10 Å². The average Bonchev–Trinajstić information content (AvgIpc) is 2.32. The number of aliphatic hydroxyl groups is 1. The van der Waals surface area contributed by atoms with Crippen molar-refractivity contribution in [3.63, 3.8) is 0 Å². The minimum absolute atomic E-state index is 0.316. The first-order valence-electron chi connectivity index (χ1n) is 7.95. The van der Waals surface area contributed by atoms with E-state index in [0.717, 1.165) is 12.1 Å². The third kappa shape index (κ3) is 3.65. The van der Waals surface area contributed by atoms with Crippen LogP contribution in [0.1, 0.15) is 42.1 Å². The van der Waals surface area contributed by atoms with Crippen LogP contribution in [0.5, 0.6) is 0 Å². The molecular weight excluding hydrogens is 260 g/mol. The summed E-state index contributed by atoms with van der Waals surface area (Å²) in [6.45, 7) is 5.90. The zero-order valence-corrected chi connectivity index (χ0v) is 14.2. The molecule has 0 saturated heterocycles. The Bertz CT molecular complexity index is 480. The van der Waals surface area contributed by atoms with Crippen LogP contribution in [0.15, 0.2) is 18.2 Å². The second-order valence-corrected chi connectivity index (χ2v) is 7.04. The van der Waals surface area contributed by atoms with Gasteiger partial charge in [0.25, 0.3) is 0 Å². The van der Waals surface area contributed by atoms with Gasteiger partial charge in [-0.1, -0.05) is 23.8 Å². The fourth-order valence-corrected chi connectivity index (χ4v) is 3.49. The number of aryl methyl sites for hydroxylation is 2. The fourth-order valence-electron chi connectivity index (χ4n) is 3.49. The van der Waals surface area contributed by atoms with Gasteiger partial charge in [-0.05, 0) is 65.4 Å². The van der Waals surface area contributed by atoms with E-state index in [-0.39, 0.29) is 0 Å². The molecule has 0 bridgehead atoms. The highest BCUT2D eigenvalue weighted by atomic mass is 16.3. The summed E-state index contributed by atoms with van der Waals surface area (Å²) < 4.78 is 0. The van der Waals surface area contributed by atoms with E-state index in [2.05, 4.69) is 63.0 Å². The lowest BCUT2D eigenvalue weighted by Crippen LogP contribution is -2.57. The first kappa shape index (κ1) is 16.5. The van der Waals surface area contributed by atoms with E-state index >= 15 is 0 Å². The normalized spacial score (nSPS) is 18.9. The van der Waals surface area contributed by atoms with Crippen molar-refractivity contribution in [2.45, 2.75) is 44.8 Å². The van der Waals surface area contributed by atoms with Crippen molar-refractivity contribution in [3.8, 4) is 0 Å². The molecule has 2 rings (SSSR count). The lowest BCUT2D eigenvalue weighted by atomic mass is 9.75. The SMILES string of the molecule is Cc1ccc(C(O)CN(C)CC2(N(C)C)CCC2)c(C)c1. The minimum Gasteiger partial charge on any atom is -0.387 e. The van der Waals surface area contributed by atoms with Crippen molar-refractivity contribution in [1.29, 1.82) is 0 Å². The smallest absolute Gasteiger partial charge is 0.0919 e.